The summed E-state index contributed by atoms with van der Waals surface area (Å²) in [5, 5.41) is 20.2. The van der Waals surface area contributed by atoms with E-state index in [1.807, 2.05) is 17.0 Å². The van der Waals surface area contributed by atoms with Gasteiger partial charge in [0.2, 0.25) is 5.88 Å². The molecule has 3 aromatic rings. The summed E-state index contributed by atoms with van der Waals surface area (Å²) in [6.07, 6.45) is 6.90. The van der Waals surface area contributed by atoms with Gasteiger partial charge in [0.05, 0.1) is 7.11 Å². The number of nitrogens with zero attached hydrogens (tertiary/aromatic N) is 6. The molecule has 1 saturated carbocycles. The lowest BCUT2D eigenvalue weighted by Gasteiger charge is -2.35. The van der Waals surface area contributed by atoms with Gasteiger partial charge in [0.1, 0.15) is 23.8 Å². The number of piperidine rings is 1. The molecule has 0 amide bonds. The van der Waals surface area contributed by atoms with Gasteiger partial charge in [-0.25, -0.2) is 19.9 Å². The Morgan fingerprint density at radius 1 is 1.22 bits per heavy atom. The Bertz CT molecular complexity index is 1170. The molecular formula is C22H27N9O. The van der Waals surface area contributed by atoms with Crippen LogP contribution in [0.1, 0.15) is 32.6 Å². The summed E-state index contributed by atoms with van der Waals surface area (Å²) < 4.78 is 7.22. The van der Waals surface area contributed by atoms with E-state index in [0.29, 0.717) is 54.3 Å². The highest BCUT2D eigenvalue weighted by atomic mass is 16.5. The fourth-order valence-corrected chi connectivity index (χ4v) is 4.20. The number of imidazole rings is 1. The Hall–Kier alpha value is -3.56. The van der Waals surface area contributed by atoms with Crippen LogP contribution in [0.5, 0.6) is 5.88 Å². The van der Waals surface area contributed by atoms with Crippen LogP contribution in [0.15, 0.2) is 24.7 Å². The summed E-state index contributed by atoms with van der Waals surface area (Å²) >= 11 is 0. The van der Waals surface area contributed by atoms with Crippen LogP contribution in [0.25, 0.3) is 22.6 Å². The van der Waals surface area contributed by atoms with E-state index in [-0.39, 0.29) is 6.04 Å². The van der Waals surface area contributed by atoms with E-state index < -0.39 is 0 Å². The molecule has 166 valence electrons. The van der Waals surface area contributed by atoms with Crippen molar-refractivity contribution in [3.63, 3.8) is 0 Å². The van der Waals surface area contributed by atoms with Crippen LogP contribution in [-0.4, -0.2) is 60.8 Å². The second-order valence-corrected chi connectivity index (χ2v) is 8.26. The first-order chi connectivity index (χ1) is 15.6. The molecule has 10 heteroatoms. The van der Waals surface area contributed by atoms with Crippen molar-refractivity contribution in [2.75, 3.05) is 19.0 Å². The third kappa shape index (κ3) is 3.65. The lowest BCUT2D eigenvalue weighted by atomic mass is 10.0. The Morgan fingerprint density at radius 3 is 2.75 bits per heavy atom. The maximum absolute atomic E-state index is 8.41. The van der Waals surface area contributed by atoms with Crippen molar-refractivity contribution >= 4 is 28.7 Å². The van der Waals surface area contributed by atoms with Crippen LogP contribution >= 0.6 is 0 Å². The molecule has 0 radical (unpaired) electrons. The minimum absolute atomic E-state index is 0.0826. The van der Waals surface area contributed by atoms with E-state index in [0.717, 1.165) is 36.3 Å². The zero-order valence-corrected chi connectivity index (χ0v) is 18.3. The largest absolute Gasteiger partial charge is 0.481 e. The number of fused-ring (bicyclic) bond motifs is 1. The molecule has 0 bridgehead atoms. The lowest BCUT2D eigenvalue weighted by Crippen LogP contribution is -2.48. The smallest absolute Gasteiger partial charge is 0.212 e. The highest BCUT2D eigenvalue weighted by Crippen LogP contribution is 2.33. The summed E-state index contributed by atoms with van der Waals surface area (Å²) in [5.74, 6) is 3.46. The van der Waals surface area contributed by atoms with Crippen molar-refractivity contribution in [3.05, 3.63) is 24.7 Å². The topological polar surface area (TPSA) is 129 Å². The average Bonchev–Trinajstić information content (AvgIpc) is 3.60. The molecule has 5 rings (SSSR count). The molecule has 2 fully saturated rings. The first kappa shape index (κ1) is 20.3. The number of likely N-dealkylation sites (tertiary alicyclic amines) is 1. The number of hydrogen-bond donors (Lipinski definition) is 3. The van der Waals surface area contributed by atoms with E-state index in [2.05, 4.69) is 31.8 Å². The monoisotopic (exact) mass is 433 g/mol. The summed E-state index contributed by atoms with van der Waals surface area (Å²) in [4.78, 5) is 20.0. The van der Waals surface area contributed by atoms with Crippen LogP contribution in [-0.2, 0) is 6.54 Å². The van der Waals surface area contributed by atoms with Crippen molar-refractivity contribution in [2.45, 2.75) is 45.2 Å². The third-order valence-corrected chi connectivity index (χ3v) is 6.11. The van der Waals surface area contributed by atoms with Crippen LogP contribution in [0.3, 0.4) is 0 Å². The maximum Gasteiger partial charge on any atom is 0.212 e. The van der Waals surface area contributed by atoms with Gasteiger partial charge in [-0.15, -0.1) is 0 Å². The molecular weight excluding hydrogens is 406 g/mol. The van der Waals surface area contributed by atoms with Gasteiger partial charge in [0, 0.05) is 49.3 Å². The summed E-state index contributed by atoms with van der Waals surface area (Å²) in [7, 11) is 1.59. The fraction of sp³-hybridized carbons (Fsp3) is 0.455. The van der Waals surface area contributed by atoms with Gasteiger partial charge >= 0.3 is 0 Å². The van der Waals surface area contributed by atoms with Crippen molar-refractivity contribution in [2.24, 2.45) is 5.92 Å². The van der Waals surface area contributed by atoms with Gasteiger partial charge in [0.15, 0.2) is 17.0 Å². The van der Waals surface area contributed by atoms with E-state index in [4.69, 9.17) is 20.5 Å². The quantitative estimate of drug-likeness (QED) is 0.402. The van der Waals surface area contributed by atoms with Crippen molar-refractivity contribution < 1.29 is 4.74 Å². The molecule has 4 heterocycles. The first-order valence-electron chi connectivity index (χ1n) is 11.0. The van der Waals surface area contributed by atoms with Crippen molar-refractivity contribution in [1.29, 1.82) is 10.8 Å². The van der Waals surface area contributed by atoms with Crippen LogP contribution in [0, 0.1) is 16.7 Å². The number of pyridine rings is 1. The van der Waals surface area contributed by atoms with Gasteiger partial charge in [-0.05, 0) is 32.3 Å². The van der Waals surface area contributed by atoms with E-state index in [1.54, 1.807) is 19.6 Å². The number of ether oxygens (including phenoxy) is 1. The van der Waals surface area contributed by atoms with Gasteiger partial charge in [0.25, 0.3) is 0 Å². The average molecular weight is 434 g/mol. The van der Waals surface area contributed by atoms with E-state index in [1.165, 1.54) is 0 Å². The van der Waals surface area contributed by atoms with Crippen LogP contribution in [0.4, 0.5) is 5.82 Å². The number of hydrogen-bond acceptors (Lipinski definition) is 8. The third-order valence-electron chi connectivity index (χ3n) is 6.11. The molecule has 1 saturated heterocycles. The molecule has 1 unspecified atom stereocenters. The molecule has 3 aromatic heterocycles. The molecule has 1 atom stereocenters. The molecule has 3 N–H and O–H groups in total. The Labute approximate surface area is 186 Å². The number of nitrogens with one attached hydrogen (secondary N) is 3. The zero-order valence-electron chi connectivity index (χ0n) is 18.3. The minimum Gasteiger partial charge on any atom is -0.481 e. The summed E-state index contributed by atoms with van der Waals surface area (Å²) in [5.41, 5.74) is 2.36. The lowest BCUT2D eigenvalue weighted by molar-refractivity contribution is 0.398. The predicted molar refractivity (Wildman–Crippen MR) is 122 cm³/mol. The fourth-order valence-electron chi connectivity index (χ4n) is 4.20. The normalized spacial score (nSPS) is 18.8. The predicted octanol–water partition coefficient (Wildman–Crippen LogP) is 3.16. The SMILES string of the molecule is CCn1c(-c2ccc(OC)nc2)nc2c(NC3CCC(=N)N(C(=N)C4CC4)C3)ncnc21. The number of aryl methyl sites for hydroxylation is 1. The van der Waals surface area contributed by atoms with Crippen LogP contribution < -0.4 is 10.1 Å². The first-order valence-corrected chi connectivity index (χ1v) is 11.0. The number of amidine groups is 2. The minimum atomic E-state index is 0.0826. The number of aromatic nitrogens is 5. The number of methoxy groups -OCH3 is 1. The Kier molecular flexibility index (Phi) is 5.20. The molecule has 0 spiro atoms. The van der Waals surface area contributed by atoms with Crippen molar-refractivity contribution in [1.82, 2.24) is 29.4 Å². The van der Waals surface area contributed by atoms with Gasteiger partial charge in [-0.1, -0.05) is 0 Å². The molecule has 0 aromatic carbocycles. The van der Waals surface area contributed by atoms with Gasteiger partial charge in [-0.3, -0.25) is 10.8 Å². The Morgan fingerprint density at radius 2 is 2.06 bits per heavy atom. The van der Waals surface area contributed by atoms with Crippen LogP contribution in [0.2, 0.25) is 0 Å². The maximum atomic E-state index is 8.41. The number of rotatable bonds is 6. The second kappa shape index (κ2) is 8.18. The summed E-state index contributed by atoms with van der Waals surface area (Å²) in [6, 6.07) is 3.84. The highest BCUT2D eigenvalue weighted by molar-refractivity contribution is 6.00. The second-order valence-electron chi connectivity index (χ2n) is 8.26. The van der Waals surface area contributed by atoms with Gasteiger partial charge < -0.3 is 19.5 Å². The summed E-state index contributed by atoms with van der Waals surface area (Å²) in [6.45, 7) is 3.37. The van der Waals surface area contributed by atoms with Gasteiger partial charge in [-0.2, -0.15) is 0 Å². The van der Waals surface area contributed by atoms with E-state index >= 15 is 0 Å². The zero-order chi connectivity index (χ0) is 22.2. The molecule has 32 heavy (non-hydrogen) atoms. The molecule has 1 aliphatic carbocycles. The standard InChI is InChI=1S/C22H27N9O/c1-3-30-21(14-6-9-17(32-2)25-10-14)29-18-20(26-12-27-22(18)30)28-15-7-8-16(23)31(11-15)19(24)13-4-5-13/h6,9-10,12-13,15,23-24H,3-5,7-8,11H2,1-2H3,(H,26,27,28). The van der Waals surface area contributed by atoms with Crippen molar-refractivity contribution in [3.8, 4) is 17.3 Å². The molecule has 1 aliphatic heterocycles. The Balaban J connectivity index is 1.45. The number of anilines is 1. The molecule has 2 aliphatic rings. The highest BCUT2D eigenvalue weighted by Gasteiger charge is 2.35. The molecule has 10 nitrogen and oxygen atoms in total. The van der Waals surface area contributed by atoms with E-state index in [9.17, 15) is 0 Å².